The highest BCUT2D eigenvalue weighted by molar-refractivity contribution is 5.96. The third-order valence-electron chi connectivity index (χ3n) is 1.71. The van der Waals surface area contributed by atoms with Crippen LogP contribution in [-0.4, -0.2) is 18.9 Å². The molecule has 0 aliphatic heterocycles. The number of hydrogen-bond acceptors (Lipinski definition) is 3. The summed E-state index contributed by atoms with van der Waals surface area (Å²) in [5, 5.41) is 0. The molecule has 0 fully saturated rings. The minimum absolute atomic E-state index is 0.0332. The lowest BCUT2D eigenvalue weighted by molar-refractivity contribution is -0.144. The Balaban J connectivity index is 3.77. The van der Waals surface area contributed by atoms with E-state index >= 15 is 0 Å². The number of Topliss-reactive ketones (excluding diaryl/α,β-unsaturated/α-hetero) is 1. The SMILES string of the molecule is CC[C@H](C)C(=O)CC(=O)OC. The van der Waals surface area contributed by atoms with Crippen LogP contribution in [0.5, 0.6) is 0 Å². The van der Waals surface area contributed by atoms with Crippen LogP contribution in [0, 0.1) is 5.92 Å². The highest BCUT2D eigenvalue weighted by atomic mass is 16.5. The molecular weight excluding hydrogens is 144 g/mol. The minimum Gasteiger partial charge on any atom is -0.469 e. The van der Waals surface area contributed by atoms with Crippen LogP contribution < -0.4 is 0 Å². The summed E-state index contributed by atoms with van der Waals surface area (Å²) in [4.78, 5) is 21.6. The Kier molecular flexibility index (Phi) is 4.50. The molecule has 0 N–H and O–H groups in total. The fourth-order valence-corrected chi connectivity index (χ4v) is 0.616. The topological polar surface area (TPSA) is 43.4 Å². The van der Waals surface area contributed by atoms with Gasteiger partial charge in [0, 0.05) is 5.92 Å². The average Bonchev–Trinajstić information content (AvgIpc) is 2.02. The largest absolute Gasteiger partial charge is 0.469 e. The number of methoxy groups -OCH3 is 1. The molecule has 3 heteroatoms. The van der Waals surface area contributed by atoms with Crippen molar-refractivity contribution in [3.05, 3.63) is 0 Å². The second kappa shape index (κ2) is 4.88. The molecule has 0 aromatic rings. The van der Waals surface area contributed by atoms with E-state index in [4.69, 9.17) is 0 Å². The molecule has 11 heavy (non-hydrogen) atoms. The van der Waals surface area contributed by atoms with E-state index in [2.05, 4.69) is 4.74 Å². The molecule has 0 bridgehead atoms. The van der Waals surface area contributed by atoms with Crippen molar-refractivity contribution in [1.82, 2.24) is 0 Å². The van der Waals surface area contributed by atoms with Gasteiger partial charge >= 0.3 is 5.97 Å². The van der Waals surface area contributed by atoms with Crippen molar-refractivity contribution < 1.29 is 14.3 Å². The fourth-order valence-electron chi connectivity index (χ4n) is 0.616. The van der Waals surface area contributed by atoms with Crippen LogP contribution in [0.2, 0.25) is 0 Å². The summed E-state index contributed by atoms with van der Waals surface area (Å²) < 4.78 is 4.36. The summed E-state index contributed by atoms with van der Waals surface area (Å²) >= 11 is 0. The monoisotopic (exact) mass is 158 g/mol. The van der Waals surface area contributed by atoms with E-state index < -0.39 is 5.97 Å². The smallest absolute Gasteiger partial charge is 0.313 e. The van der Waals surface area contributed by atoms with Crippen molar-refractivity contribution >= 4 is 11.8 Å². The maximum atomic E-state index is 11.0. The molecule has 0 amide bonds. The summed E-state index contributed by atoms with van der Waals surface area (Å²) in [6.45, 7) is 3.73. The van der Waals surface area contributed by atoms with E-state index in [1.807, 2.05) is 13.8 Å². The Morgan fingerprint density at radius 1 is 1.45 bits per heavy atom. The zero-order chi connectivity index (χ0) is 8.85. The quantitative estimate of drug-likeness (QED) is 0.455. The first-order valence-corrected chi connectivity index (χ1v) is 3.71. The Morgan fingerprint density at radius 2 is 2.00 bits per heavy atom. The van der Waals surface area contributed by atoms with Gasteiger partial charge in [0.2, 0.25) is 0 Å². The fraction of sp³-hybridized carbons (Fsp3) is 0.750. The number of carbonyl (C=O) groups is 2. The van der Waals surface area contributed by atoms with E-state index in [1.54, 1.807) is 0 Å². The van der Waals surface area contributed by atoms with E-state index in [1.165, 1.54) is 7.11 Å². The Morgan fingerprint density at radius 3 is 2.36 bits per heavy atom. The van der Waals surface area contributed by atoms with E-state index in [-0.39, 0.29) is 18.1 Å². The van der Waals surface area contributed by atoms with Crippen LogP contribution in [0.25, 0.3) is 0 Å². The highest BCUT2D eigenvalue weighted by Gasteiger charge is 2.14. The van der Waals surface area contributed by atoms with Crippen molar-refractivity contribution in [2.75, 3.05) is 7.11 Å². The van der Waals surface area contributed by atoms with Crippen molar-refractivity contribution in [1.29, 1.82) is 0 Å². The number of hydrogen-bond donors (Lipinski definition) is 0. The number of ketones is 1. The van der Waals surface area contributed by atoms with Crippen LogP contribution in [0.1, 0.15) is 26.7 Å². The molecule has 0 rings (SSSR count). The predicted octanol–water partition coefficient (Wildman–Crippen LogP) is 1.16. The molecule has 0 aromatic heterocycles. The van der Waals surface area contributed by atoms with Gasteiger partial charge in [-0.1, -0.05) is 13.8 Å². The number of carbonyl (C=O) groups excluding carboxylic acids is 2. The summed E-state index contributed by atoms with van der Waals surface area (Å²) in [6, 6.07) is 0. The maximum absolute atomic E-state index is 11.0. The van der Waals surface area contributed by atoms with Gasteiger partial charge in [-0.15, -0.1) is 0 Å². The predicted molar refractivity (Wildman–Crippen MR) is 41.1 cm³/mol. The minimum atomic E-state index is -0.449. The standard InChI is InChI=1S/C8H14O3/c1-4-6(2)7(9)5-8(10)11-3/h6H,4-5H2,1-3H3/t6-/m0/s1. The molecule has 0 spiro atoms. The van der Waals surface area contributed by atoms with Gasteiger partial charge in [-0.05, 0) is 6.42 Å². The molecule has 0 aliphatic rings. The van der Waals surface area contributed by atoms with E-state index in [9.17, 15) is 9.59 Å². The second-order valence-corrected chi connectivity index (χ2v) is 2.53. The van der Waals surface area contributed by atoms with Gasteiger partial charge in [0.25, 0.3) is 0 Å². The first-order valence-electron chi connectivity index (χ1n) is 3.71. The Hall–Kier alpha value is -0.860. The summed E-state index contributed by atoms with van der Waals surface area (Å²) in [5.41, 5.74) is 0. The molecule has 0 saturated carbocycles. The lowest BCUT2D eigenvalue weighted by atomic mass is 10.0. The van der Waals surface area contributed by atoms with Gasteiger partial charge in [0.15, 0.2) is 0 Å². The molecule has 64 valence electrons. The third kappa shape index (κ3) is 3.75. The van der Waals surface area contributed by atoms with Gasteiger partial charge in [0.05, 0.1) is 7.11 Å². The van der Waals surface area contributed by atoms with Crippen molar-refractivity contribution in [2.45, 2.75) is 26.7 Å². The molecule has 0 unspecified atom stereocenters. The summed E-state index contributed by atoms with van der Waals surface area (Å²) in [7, 11) is 1.28. The zero-order valence-corrected chi connectivity index (χ0v) is 7.22. The Labute approximate surface area is 66.7 Å². The number of ether oxygens (including phenoxy) is 1. The second-order valence-electron chi connectivity index (χ2n) is 2.53. The molecular formula is C8H14O3. The number of rotatable bonds is 4. The van der Waals surface area contributed by atoms with Crippen LogP contribution in [0.3, 0.4) is 0 Å². The molecule has 0 aliphatic carbocycles. The van der Waals surface area contributed by atoms with Crippen molar-refractivity contribution in [2.24, 2.45) is 5.92 Å². The lowest BCUT2D eigenvalue weighted by Crippen LogP contribution is -2.15. The molecule has 0 radical (unpaired) electrons. The van der Waals surface area contributed by atoms with Crippen molar-refractivity contribution in [3.63, 3.8) is 0 Å². The maximum Gasteiger partial charge on any atom is 0.313 e. The summed E-state index contributed by atoms with van der Waals surface area (Å²) in [5.74, 6) is -0.524. The van der Waals surface area contributed by atoms with Gasteiger partial charge in [-0.2, -0.15) is 0 Å². The normalized spacial score (nSPS) is 12.3. The van der Waals surface area contributed by atoms with Crippen molar-refractivity contribution in [3.8, 4) is 0 Å². The average molecular weight is 158 g/mol. The Bertz CT molecular complexity index is 151. The third-order valence-corrected chi connectivity index (χ3v) is 1.71. The van der Waals surface area contributed by atoms with Gasteiger partial charge in [-0.3, -0.25) is 9.59 Å². The molecule has 0 aromatic carbocycles. The first kappa shape index (κ1) is 10.1. The van der Waals surface area contributed by atoms with E-state index in [0.717, 1.165) is 6.42 Å². The highest BCUT2D eigenvalue weighted by Crippen LogP contribution is 2.05. The van der Waals surface area contributed by atoms with Crippen LogP contribution >= 0.6 is 0 Å². The zero-order valence-electron chi connectivity index (χ0n) is 7.22. The van der Waals surface area contributed by atoms with Gasteiger partial charge < -0.3 is 4.74 Å². The van der Waals surface area contributed by atoms with Crippen LogP contribution in [-0.2, 0) is 14.3 Å². The number of esters is 1. The lowest BCUT2D eigenvalue weighted by Gasteiger charge is -2.04. The van der Waals surface area contributed by atoms with Crippen LogP contribution in [0.15, 0.2) is 0 Å². The van der Waals surface area contributed by atoms with Gasteiger partial charge in [0.1, 0.15) is 12.2 Å². The molecule has 3 nitrogen and oxygen atoms in total. The molecule has 0 heterocycles. The molecule has 0 saturated heterocycles. The molecule has 1 atom stereocenters. The summed E-state index contributed by atoms with van der Waals surface area (Å²) in [6.07, 6.45) is 0.682. The van der Waals surface area contributed by atoms with Crippen LogP contribution in [0.4, 0.5) is 0 Å². The van der Waals surface area contributed by atoms with Gasteiger partial charge in [-0.25, -0.2) is 0 Å². The first-order chi connectivity index (χ1) is 5.11. The van der Waals surface area contributed by atoms with E-state index in [0.29, 0.717) is 0 Å².